The lowest BCUT2D eigenvalue weighted by atomic mass is 10.2. The van der Waals surface area contributed by atoms with Gasteiger partial charge in [-0.25, -0.2) is 14.3 Å². The Kier molecular flexibility index (Phi) is 7.24. The molecule has 9 nitrogen and oxygen atoms in total. The van der Waals surface area contributed by atoms with Gasteiger partial charge in [-0.1, -0.05) is 53.7 Å². The van der Waals surface area contributed by atoms with Crippen molar-refractivity contribution in [1.29, 1.82) is 0 Å². The number of carbonyl (C=O) groups excluding carboxylic acids is 2. The van der Waals surface area contributed by atoms with Crippen molar-refractivity contribution in [3.8, 4) is 0 Å². The highest BCUT2D eigenvalue weighted by Gasteiger charge is 2.37. The second kappa shape index (κ2) is 9.94. The first-order chi connectivity index (χ1) is 15.9. The van der Waals surface area contributed by atoms with Gasteiger partial charge in [-0.15, -0.1) is 5.10 Å². The lowest BCUT2D eigenvalue weighted by molar-refractivity contribution is 0.0478. The Balaban J connectivity index is 2.05. The highest BCUT2D eigenvalue weighted by molar-refractivity contribution is 6.01. The van der Waals surface area contributed by atoms with Gasteiger partial charge in [-0.05, 0) is 59.2 Å². The summed E-state index contributed by atoms with van der Waals surface area (Å²) < 4.78 is 12.8. The topological polar surface area (TPSA) is 89.8 Å². The first-order valence-electron chi connectivity index (χ1n) is 11.0. The van der Waals surface area contributed by atoms with Gasteiger partial charge >= 0.3 is 12.2 Å². The van der Waals surface area contributed by atoms with E-state index in [1.807, 2.05) is 36.4 Å². The van der Waals surface area contributed by atoms with Crippen LogP contribution in [0.25, 0.3) is 0 Å². The minimum Gasteiger partial charge on any atom is -0.442 e. The van der Waals surface area contributed by atoms with Gasteiger partial charge in [0, 0.05) is 0 Å². The van der Waals surface area contributed by atoms with Crippen LogP contribution in [0.15, 0.2) is 66.9 Å². The van der Waals surface area contributed by atoms with Crippen molar-refractivity contribution in [2.75, 3.05) is 10.0 Å². The Morgan fingerprint density at radius 1 is 0.794 bits per heavy atom. The normalized spacial score (nSPS) is 11.6. The molecule has 0 saturated carbocycles. The maximum atomic E-state index is 13.4. The van der Waals surface area contributed by atoms with E-state index in [1.54, 1.807) is 76.7 Å². The molecule has 34 heavy (non-hydrogen) atoms. The summed E-state index contributed by atoms with van der Waals surface area (Å²) in [4.78, 5) is 26.7. The minimum atomic E-state index is -0.814. The van der Waals surface area contributed by atoms with Crippen LogP contribution < -0.4 is 10.0 Å². The Morgan fingerprint density at radius 3 is 1.82 bits per heavy atom. The zero-order valence-corrected chi connectivity index (χ0v) is 20.4. The quantitative estimate of drug-likeness (QED) is 0.478. The maximum Gasteiger partial charge on any atom is 0.436 e. The van der Waals surface area contributed by atoms with E-state index in [4.69, 9.17) is 9.47 Å². The molecule has 0 saturated heterocycles. The molecule has 0 spiro atoms. The summed E-state index contributed by atoms with van der Waals surface area (Å²) >= 11 is 0. The fourth-order valence-electron chi connectivity index (χ4n) is 2.99. The van der Waals surface area contributed by atoms with Crippen LogP contribution in [0.1, 0.15) is 47.1 Å². The van der Waals surface area contributed by atoms with E-state index in [9.17, 15) is 9.59 Å². The number of hydrogen-bond acceptors (Lipinski definition) is 6. The second-order valence-corrected chi connectivity index (χ2v) is 9.68. The standard InChI is InChI=1S/C25H31N5O4/c1-24(2,3)33-22(31)29(20-15-11-8-12-16-20)30(23(32)34-25(4,5)6)21-18-28(27-26-21)17-19-13-9-7-10-14-19/h7-16,18H,17H2,1-6H3. The van der Waals surface area contributed by atoms with Crippen molar-refractivity contribution in [3.63, 3.8) is 0 Å². The van der Waals surface area contributed by atoms with Gasteiger partial charge in [-0.2, -0.15) is 10.0 Å². The zero-order valence-electron chi connectivity index (χ0n) is 20.4. The lowest BCUT2D eigenvalue weighted by Gasteiger charge is -2.35. The van der Waals surface area contributed by atoms with Crippen LogP contribution in [0.2, 0.25) is 0 Å². The first-order valence-corrected chi connectivity index (χ1v) is 11.0. The first kappa shape index (κ1) is 24.8. The molecule has 0 unspecified atom stereocenters. The highest BCUT2D eigenvalue weighted by atomic mass is 16.6. The molecule has 0 atom stereocenters. The average molecular weight is 466 g/mol. The van der Waals surface area contributed by atoms with E-state index >= 15 is 0 Å². The number of nitrogens with zero attached hydrogens (tertiary/aromatic N) is 5. The van der Waals surface area contributed by atoms with Gasteiger partial charge in [0.05, 0.1) is 18.4 Å². The molecule has 9 heteroatoms. The summed E-state index contributed by atoms with van der Waals surface area (Å²) in [6.45, 7) is 10.9. The Morgan fingerprint density at radius 2 is 1.29 bits per heavy atom. The molecular formula is C25H31N5O4. The van der Waals surface area contributed by atoms with Crippen molar-refractivity contribution in [3.05, 3.63) is 72.4 Å². The fraction of sp³-hybridized carbons (Fsp3) is 0.360. The number of rotatable bonds is 4. The Labute approximate surface area is 199 Å². The Bertz CT molecular complexity index is 1100. The number of carbonyl (C=O) groups is 2. The van der Waals surface area contributed by atoms with Crippen LogP contribution in [0.5, 0.6) is 0 Å². The molecule has 0 aliphatic carbocycles. The molecule has 1 aromatic heterocycles. The van der Waals surface area contributed by atoms with Gasteiger partial charge in [0.2, 0.25) is 5.82 Å². The van der Waals surface area contributed by atoms with Crippen LogP contribution in [0.4, 0.5) is 21.1 Å². The van der Waals surface area contributed by atoms with Crippen molar-refractivity contribution < 1.29 is 19.1 Å². The third-order valence-corrected chi connectivity index (χ3v) is 4.26. The molecule has 0 radical (unpaired) electrons. The molecule has 3 aromatic rings. The summed E-state index contributed by atoms with van der Waals surface area (Å²) in [5, 5.41) is 10.5. The van der Waals surface area contributed by atoms with E-state index < -0.39 is 23.4 Å². The predicted molar refractivity (Wildman–Crippen MR) is 129 cm³/mol. The molecule has 0 aliphatic heterocycles. The van der Waals surface area contributed by atoms with Crippen LogP contribution >= 0.6 is 0 Å². The van der Waals surface area contributed by atoms with E-state index in [2.05, 4.69) is 10.3 Å². The van der Waals surface area contributed by atoms with Gasteiger partial charge in [-0.3, -0.25) is 0 Å². The van der Waals surface area contributed by atoms with Gasteiger partial charge in [0.15, 0.2) is 0 Å². The molecule has 0 aliphatic rings. The molecule has 2 aromatic carbocycles. The van der Waals surface area contributed by atoms with Crippen LogP contribution in [0.3, 0.4) is 0 Å². The number of hydrogen-bond donors (Lipinski definition) is 0. The Hall–Kier alpha value is -3.88. The summed E-state index contributed by atoms with van der Waals surface area (Å²) in [6.07, 6.45) is 0.0215. The number of hydrazine groups is 1. The molecule has 3 rings (SSSR count). The van der Waals surface area contributed by atoms with E-state index in [1.165, 1.54) is 0 Å². The van der Waals surface area contributed by atoms with Crippen LogP contribution in [-0.2, 0) is 16.0 Å². The van der Waals surface area contributed by atoms with E-state index in [0.717, 1.165) is 15.6 Å². The smallest absolute Gasteiger partial charge is 0.436 e. The number of ether oxygens (including phenoxy) is 2. The fourth-order valence-corrected chi connectivity index (χ4v) is 2.99. The summed E-state index contributed by atoms with van der Waals surface area (Å²) in [5.41, 5.74) is -0.199. The molecule has 1 heterocycles. The summed E-state index contributed by atoms with van der Waals surface area (Å²) in [6, 6.07) is 18.4. The summed E-state index contributed by atoms with van der Waals surface area (Å²) in [7, 11) is 0. The van der Waals surface area contributed by atoms with Crippen LogP contribution in [0, 0.1) is 0 Å². The molecule has 0 bridgehead atoms. The largest absolute Gasteiger partial charge is 0.442 e. The average Bonchev–Trinajstić information content (AvgIpc) is 3.18. The van der Waals surface area contributed by atoms with E-state index in [-0.39, 0.29) is 5.82 Å². The third-order valence-electron chi connectivity index (χ3n) is 4.26. The predicted octanol–water partition coefficient (Wildman–Crippen LogP) is 5.42. The van der Waals surface area contributed by atoms with Gasteiger partial charge < -0.3 is 9.47 Å². The highest BCUT2D eigenvalue weighted by Crippen LogP contribution is 2.26. The van der Waals surface area contributed by atoms with Crippen molar-refractivity contribution in [2.24, 2.45) is 0 Å². The van der Waals surface area contributed by atoms with Gasteiger partial charge in [0.1, 0.15) is 11.2 Å². The van der Waals surface area contributed by atoms with Crippen molar-refractivity contribution in [1.82, 2.24) is 15.0 Å². The minimum absolute atomic E-state index is 0.111. The zero-order chi connectivity index (χ0) is 24.9. The lowest BCUT2D eigenvalue weighted by Crippen LogP contribution is -2.53. The number of amides is 2. The van der Waals surface area contributed by atoms with Gasteiger partial charge in [0.25, 0.3) is 0 Å². The van der Waals surface area contributed by atoms with Crippen molar-refractivity contribution >= 4 is 23.7 Å². The molecule has 0 N–H and O–H groups in total. The maximum absolute atomic E-state index is 13.4. The second-order valence-electron chi connectivity index (χ2n) is 9.68. The van der Waals surface area contributed by atoms with Crippen molar-refractivity contribution in [2.45, 2.75) is 59.3 Å². The number of benzene rings is 2. The monoisotopic (exact) mass is 465 g/mol. The number of anilines is 2. The molecule has 180 valence electrons. The van der Waals surface area contributed by atoms with Crippen LogP contribution in [-0.4, -0.2) is 38.4 Å². The van der Waals surface area contributed by atoms with E-state index in [0.29, 0.717) is 12.2 Å². The molecule has 2 amide bonds. The summed E-state index contributed by atoms with van der Waals surface area (Å²) in [5.74, 6) is 0.111. The molecule has 0 fully saturated rings. The SMILES string of the molecule is CC(C)(C)OC(=O)N(c1ccccc1)N(C(=O)OC(C)(C)C)c1cn(Cc2ccccc2)nn1. The number of aromatic nitrogens is 3. The molecular weight excluding hydrogens is 434 g/mol. The number of para-hydroxylation sites is 1. The third kappa shape index (κ3) is 6.81.